The molecule has 1 aromatic rings. The maximum absolute atomic E-state index is 11.3. The molecule has 0 N–H and O–H groups in total. The highest BCUT2D eigenvalue weighted by molar-refractivity contribution is 5.69. The van der Waals surface area contributed by atoms with Crippen LogP contribution in [0.5, 0.6) is 5.75 Å². The number of hydrogen-bond donors (Lipinski definition) is 0. The number of esters is 1. The smallest absolute Gasteiger partial charge is 0.305 e. The molecule has 0 aliphatic rings. The van der Waals surface area contributed by atoms with Crippen molar-refractivity contribution >= 4 is 5.97 Å². The molecule has 0 aliphatic carbocycles. The molecule has 1 aromatic carbocycles. The van der Waals surface area contributed by atoms with Crippen molar-refractivity contribution in [1.29, 1.82) is 0 Å². The number of carbonyl (C=O) groups is 1. The van der Waals surface area contributed by atoms with Crippen LogP contribution in [-0.4, -0.2) is 19.7 Å². The Kier molecular flexibility index (Phi) is 6.56. The molecule has 3 heteroatoms. The van der Waals surface area contributed by atoms with Gasteiger partial charge in [0.2, 0.25) is 0 Å². The molecule has 0 heterocycles. The second-order valence-electron chi connectivity index (χ2n) is 5.40. The van der Waals surface area contributed by atoms with E-state index in [0.717, 1.165) is 18.8 Å². The summed E-state index contributed by atoms with van der Waals surface area (Å²) in [5.74, 6) is 1.21. The Bertz CT molecular complexity index is 450. The minimum atomic E-state index is -0.165. The summed E-state index contributed by atoms with van der Waals surface area (Å²) < 4.78 is 10.5. The highest BCUT2D eigenvalue weighted by atomic mass is 16.5. The predicted octanol–water partition coefficient (Wildman–Crippen LogP) is 4.01. The van der Waals surface area contributed by atoms with Crippen molar-refractivity contribution < 1.29 is 14.3 Å². The number of carbonyl (C=O) groups excluding carboxylic acids is 1. The van der Waals surface area contributed by atoms with E-state index in [-0.39, 0.29) is 5.97 Å². The molecule has 0 saturated heterocycles. The van der Waals surface area contributed by atoms with E-state index >= 15 is 0 Å². The van der Waals surface area contributed by atoms with Crippen molar-refractivity contribution in [2.45, 2.75) is 52.9 Å². The van der Waals surface area contributed by atoms with Crippen LogP contribution in [0.2, 0.25) is 0 Å². The molecule has 0 aliphatic heterocycles. The van der Waals surface area contributed by atoms with E-state index in [9.17, 15) is 4.79 Å². The molecule has 0 atom stereocenters. The van der Waals surface area contributed by atoms with E-state index in [1.807, 2.05) is 0 Å². The number of methoxy groups -OCH3 is 1. The van der Waals surface area contributed by atoms with Gasteiger partial charge in [0.1, 0.15) is 5.75 Å². The molecular formula is C17H26O3. The largest absolute Gasteiger partial charge is 0.493 e. The molecule has 0 bridgehead atoms. The quantitative estimate of drug-likeness (QED) is 0.707. The minimum absolute atomic E-state index is 0.165. The zero-order valence-electron chi connectivity index (χ0n) is 13.3. The third-order valence-electron chi connectivity index (χ3n) is 3.38. The lowest BCUT2D eigenvalue weighted by molar-refractivity contribution is -0.140. The summed E-state index contributed by atoms with van der Waals surface area (Å²) in [7, 11) is 1.43. The third-order valence-corrected chi connectivity index (χ3v) is 3.38. The highest BCUT2D eigenvalue weighted by Crippen LogP contribution is 2.30. The maximum atomic E-state index is 11.3. The standard InChI is InChI=1S/C17H26O3/c1-6-9-20-16-10-13(4)14(7-8-17(18)19-5)11-15(16)12(2)3/h10-12H,6-9H2,1-5H3. The van der Waals surface area contributed by atoms with Crippen molar-refractivity contribution in [3.05, 3.63) is 28.8 Å². The van der Waals surface area contributed by atoms with Crippen molar-refractivity contribution in [3.8, 4) is 5.75 Å². The first-order chi connectivity index (χ1) is 9.49. The first-order valence-electron chi connectivity index (χ1n) is 7.32. The van der Waals surface area contributed by atoms with Crippen molar-refractivity contribution in [2.24, 2.45) is 0 Å². The summed E-state index contributed by atoms with van der Waals surface area (Å²) in [6, 6.07) is 4.27. The molecule has 112 valence electrons. The van der Waals surface area contributed by atoms with E-state index in [4.69, 9.17) is 9.47 Å². The lowest BCUT2D eigenvalue weighted by Crippen LogP contribution is -2.06. The second kappa shape index (κ2) is 7.93. The van der Waals surface area contributed by atoms with Gasteiger partial charge in [-0.15, -0.1) is 0 Å². The van der Waals surface area contributed by atoms with E-state index in [2.05, 4.69) is 39.8 Å². The van der Waals surface area contributed by atoms with Crippen LogP contribution in [0.3, 0.4) is 0 Å². The Hall–Kier alpha value is -1.51. The van der Waals surface area contributed by atoms with Crippen LogP contribution < -0.4 is 4.74 Å². The van der Waals surface area contributed by atoms with Gasteiger partial charge in [0.15, 0.2) is 0 Å². The Balaban J connectivity index is 2.97. The summed E-state index contributed by atoms with van der Waals surface area (Å²) in [5, 5.41) is 0. The molecule has 0 aromatic heterocycles. The monoisotopic (exact) mass is 278 g/mol. The number of hydrogen-bond acceptors (Lipinski definition) is 3. The number of rotatable bonds is 7. The zero-order valence-corrected chi connectivity index (χ0v) is 13.3. The molecule has 1 rings (SSSR count). The van der Waals surface area contributed by atoms with E-state index in [1.165, 1.54) is 23.8 Å². The summed E-state index contributed by atoms with van der Waals surface area (Å²) in [4.78, 5) is 11.3. The highest BCUT2D eigenvalue weighted by Gasteiger charge is 2.13. The first-order valence-corrected chi connectivity index (χ1v) is 7.32. The van der Waals surface area contributed by atoms with Gasteiger partial charge in [-0.05, 0) is 48.4 Å². The first kappa shape index (κ1) is 16.5. The maximum Gasteiger partial charge on any atom is 0.305 e. The molecule has 0 fully saturated rings. The van der Waals surface area contributed by atoms with Crippen LogP contribution in [0.15, 0.2) is 12.1 Å². The molecule has 0 spiro atoms. The average molecular weight is 278 g/mol. The summed E-state index contributed by atoms with van der Waals surface area (Å²) in [5.41, 5.74) is 3.58. The van der Waals surface area contributed by atoms with Crippen molar-refractivity contribution in [3.63, 3.8) is 0 Å². The lowest BCUT2D eigenvalue weighted by atomic mass is 9.94. The Labute approximate surface area is 122 Å². The Morgan fingerprint density at radius 2 is 2.00 bits per heavy atom. The molecule has 0 unspecified atom stereocenters. The Morgan fingerprint density at radius 1 is 1.30 bits per heavy atom. The molecule has 0 saturated carbocycles. The van der Waals surface area contributed by atoms with Gasteiger partial charge >= 0.3 is 5.97 Å². The van der Waals surface area contributed by atoms with Crippen LogP contribution in [0.4, 0.5) is 0 Å². The summed E-state index contributed by atoms with van der Waals surface area (Å²) in [6.07, 6.45) is 2.14. The van der Waals surface area contributed by atoms with E-state index in [1.54, 1.807) is 0 Å². The molecule has 3 nitrogen and oxygen atoms in total. The normalized spacial score (nSPS) is 10.7. The van der Waals surface area contributed by atoms with Crippen LogP contribution >= 0.6 is 0 Å². The van der Waals surface area contributed by atoms with Crippen LogP contribution in [0.1, 0.15) is 56.2 Å². The van der Waals surface area contributed by atoms with E-state index in [0.29, 0.717) is 18.8 Å². The molecule has 20 heavy (non-hydrogen) atoms. The second-order valence-corrected chi connectivity index (χ2v) is 5.40. The van der Waals surface area contributed by atoms with Crippen molar-refractivity contribution in [1.82, 2.24) is 0 Å². The SMILES string of the molecule is CCCOc1cc(C)c(CCC(=O)OC)cc1C(C)C. The minimum Gasteiger partial charge on any atom is -0.493 e. The third kappa shape index (κ3) is 4.55. The topological polar surface area (TPSA) is 35.5 Å². The lowest BCUT2D eigenvalue weighted by Gasteiger charge is -2.17. The van der Waals surface area contributed by atoms with Gasteiger partial charge in [-0.1, -0.05) is 26.8 Å². The predicted molar refractivity (Wildman–Crippen MR) is 81.4 cm³/mol. The number of benzene rings is 1. The number of ether oxygens (including phenoxy) is 2. The molecular weight excluding hydrogens is 252 g/mol. The average Bonchev–Trinajstić information content (AvgIpc) is 2.43. The van der Waals surface area contributed by atoms with Gasteiger partial charge in [-0.25, -0.2) is 0 Å². The fourth-order valence-corrected chi connectivity index (χ4v) is 2.14. The zero-order chi connectivity index (χ0) is 15.1. The van der Waals surface area contributed by atoms with Gasteiger partial charge in [0.05, 0.1) is 13.7 Å². The van der Waals surface area contributed by atoms with Crippen LogP contribution in [0.25, 0.3) is 0 Å². The van der Waals surface area contributed by atoms with Gasteiger partial charge in [0.25, 0.3) is 0 Å². The van der Waals surface area contributed by atoms with Gasteiger partial charge in [0, 0.05) is 6.42 Å². The fraction of sp³-hybridized carbons (Fsp3) is 0.588. The van der Waals surface area contributed by atoms with Gasteiger partial charge in [-0.3, -0.25) is 4.79 Å². The van der Waals surface area contributed by atoms with Gasteiger partial charge < -0.3 is 9.47 Å². The fourth-order valence-electron chi connectivity index (χ4n) is 2.14. The number of aryl methyl sites for hydroxylation is 2. The Morgan fingerprint density at radius 3 is 2.55 bits per heavy atom. The van der Waals surface area contributed by atoms with E-state index < -0.39 is 0 Å². The molecule has 0 radical (unpaired) electrons. The van der Waals surface area contributed by atoms with Crippen LogP contribution in [0, 0.1) is 6.92 Å². The molecule has 0 amide bonds. The van der Waals surface area contributed by atoms with Gasteiger partial charge in [-0.2, -0.15) is 0 Å². The summed E-state index contributed by atoms with van der Waals surface area (Å²) >= 11 is 0. The summed E-state index contributed by atoms with van der Waals surface area (Å²) in [6.45, 7) is 9.23. The van der Waals surface area contributed by atoms with Crippen LogP contribution in [-0.2, 0) is 16.0 Å². The van der Waals surface area contributed by atoms with Crippen molar-refractivity contribution in [2.75, 3.05) is 13.7 Å².